The summed E-state index contributed by atoms with van der Waals surface area (Å²) >= 11 is 0. The van der Waals surface area contributed by atoms with Crippen molar-refractivity contribution in [1.82, 2.24) is 15.2 Å². The molecule has 7 nitrogen and oxygen atoms in total. The van der Waals surface area contributed by atoms with E-state index in [1.807, 2.05) is 90.0 Å². The average Bonchev–Trinajstić information content (AvgIpc) is 3.52. The molecule has 0 bridgehead atoms. The molecule has 1 fully saturated rings. The van der Waals surface area contributed by atoms with E-state index in [2.05, 4.69) is 16.4 Å². The SMILES string of the molecule is NCC1CCC(CNC(=O)c2cccc(-c3cccc(CN(CCc4ccc(O)cc4)C(=O)Cc4c[nH]c5ccccc45)c3)c2)CC1. The number of phenols is 1. The number of aromatic amines is 1. The van der Waals surface area contributed by atoms with Crippen LogP contribution >= 0.6 is 0 Å². The molecule has 0 saturated heterocycles. The number of nitrogens with two attached hydrogens (primary N) is 1. The highest BCUT2D eigenvalue weighted by Crippen LogP contribution is 2.28. The Balaban J connectivity index is 1.15. The van der Waals surface area contributed by atoms with Crippen molar-refractivity contribution in [2.24, 2.45) is 17.6 Å². The van der Waals surface area contributed by atoms with Crippen molar-refractivity contribution in [2.45, 2.75) is 45.1 Å². The molecule has 2 amide bonds. The minimum atomic E-state index is -0.0489. The smallest absolute Gasteiger partial charge is 0.251 e. The van der Waals surface area contributed by atoms with Crippen LogP contribution in [0.5, 0.6) is 5.75 Å². The highest BCUT2D eigenvalue weighted by molar-refractivity contribution is 5.95. The van der Waals surface area contributed by atoms with Crippen LogP contribution in [-0.2, 0) is 24.2 Å². The Labute approximate surface area is 276 Å². The Bertz CT molecular complexity index is 1800. The molecule has 5 aromatic rings. The van der Waals surface area contributed by atoms with Crippen molar-refractivity contribution < 1.29 is 14.7 Å². The number of aromatic nitrogens is 1. The largest absolute Gasteiger partial charge is 0.508 e. The van der Waals surface area contributed by atoms with Gasteiger partial charge < -0.3 is 26.0 Å². The standard InChI is InChI=1S/C40H44N4O3/c41-24-29-11-13-30(14-12-29)25-43-40(47)34-8-4-7-33(22-34)32-6-3-5-31(21-32)27-44(20-19-28-15-17-36(45)18-16-28)39(46)23-35-26-42-38-10-2-1-9-37(35)38/h1-10,15-18,21-22,26,29-30,42,45H,11-14,19-20,23-25,27,41H2,(H,43,47). The summed E-state index contributed by atoms with van der Waals surface area (Å²) in [5.41, 5.74) is 12.5. The molecule has 0 radical (unpaired) electrons. The van der Waals surface area contributed by atoms with Gasteiger partial charge >= 0.3 is 0 Å². The molecule has 242 valence electrons. The quantitative estimate of drug-likeness (QED) is 0.121. The average molecular weight is 629 g/mol. The van der Waals surface area contributed by atoms with Crippen LogP contribution in [0.25, 0.3) is 22.0 Å². The van der Waals surface area contributed by atoms with Crippen LogP contribution < -0.4 is 11.1 Å². The number of hydrogen-bond donors (Lipinski definition) is 4. The third-order valence-electron chi connectivity index (χ3n) is 9.59. The molecule has 1 aromatic heterocycles. The first kappa shape index (κ1) is 32.1. The van der Waals surface area contributed by atoms with Crippen LogP contribution in [0.4, 0.5) is 0 Å². The van der Waals surface area contributed by atoms with E-state index in [0.29, 0.717) is 49.9 Å². The number of hydrogen-bond acceptors (Lipinski definition) is 4. The van der Waals surface area contributed by atoms with Gasteiger partial charge in [-0.1, -0.05) is 60.7 Å². The van der Waals surface area contributed by atoms with Crippen LogP contribution in [-0.4, -0.2) is 46.4 Å². The van der Waals surface area contributed by atoms with Gasteiger partial charge in [-0.15, -0.1) is 0 Å². The van der Waals surface area contributed by atoms with Gasteiger partial charge in [0, 0.05) is 42.3 Å². The van der Waals surface area contributed by atoms with Crippen LogP contribution in [0.15, 0.2) is 103 Å². The Kier molecular flexibility index (Phi) is 10.3. The van der Waals surface area contributed by atoms with E-state index in [1.54, 1.807) is 12.1 Å². The Morgan fingerprint density at radius 1 is 0.830 bits per heavy atom. The first-order chi connectivity index (χ1) is 22.9. The number of carbonyl (C=O) groups is 2. The minimum absolute atomic E-state index is 0.0489. The van der Waals surface area contributed by atoms with Crippen LogP contribution in [0.2, 0.25) is 0 Å². The predicted octanol–water partition coefficient (Wildman–Crippen LogP) is 6.85. The molecule has 0 spiro atoms. The van der Waals surface area contributed by atoms with E-state index in [1.165, 1.54) is 0 Å². The van der Waals surface area contributed by atoms with Gasteiger partial charge in [0.2, 0.25) is 5.91 Å². The summed E-state index contributed by atoms with van der Waals surface area (Å²) < 4.78 is 0. The number of fused-ring (bicyclic) bond motifs is 1. The van der Waals surface area contributed by atoms with E-state index < -0.39 is 0 Å². The third-order valence-corrected chi connectivity index (χ3v) is 9.59. The lowest BCUT2D eigenvalue weighted by atomic mass is 9.82. The van der Waals surface area contributed by atoms with E-state index >= 15 is 0 Å². The number of para-hydroxylation sites is 1. The number of amides is 2. The number of aromatic hydroxyl groups is 1. The van der Waals surface area contributed by atoms with Crippen molar-refractivity contribution in [3.05, 3.63) is 126 Å². The number of benzene rings is 4. The fraction of sp³-hybridized carbons (Fsp3) is 0.300. The molecular formula is C40H44N4O3. The summed E-state index contributed by atoms with van der Waals surface area (Å²) in [5.74, 6) is 1.36. The van der Waals surface area contributed by atoms with E-state index in [9.17, 15) is 14.7 Å². The Hall–Kier alpha value is -4.88. The van der Waals surface area contributed by atoms with E-state index in [4.69, 9.17) is 5.73 Å². The predicted molar refractivity (Wildman–Crippen MR) is 188 cm³/mol. The van der Waals surface area contributed by atoms with Crippen molar-refractivity contribution in [3.8, 4) is 16.9 Å². The summed E-state index contributed by atoms with van der Waals surface area (Å²) in [6, 6.07) is 31.2. The van der Waals surface area contributed by atoms with Gasteiger partial charge in [-0.3, -0.25) is 9.59 Å². The summed E-state index contributed by atoms with van der Waals surface area (Å²) in [6.45, 7) is 2.45. The summed E-state index contributed by atoms with van der Waals surface area (Å²) in [4.78, 5) is 32.1. The summed E-state index contributed by atoms with van der Waals surface area (Å²) in [6.07, 6.45) is 7.42. The van der Waals surface area contributed by atoms with Crippen LogP contribution in [0.3, 0.4) is 0 Å². The molecule has 47 heavy (non-hydrogen) atoms. The van der Waals surface area contributed by atoms with Gasteiger partial charge in [0.25, 0.3) is 5.91 Å². The number of nitrogens with zero attached hydrogens (tertiary/aromatic N) is 1. The highest BCUT2D eigenvalue weighted by Gasteiger charge is 2.21. The molecule has 6 rings (SSSR count). The molecule has 1 aliphatic carbocycles. The maximum absolute atomic E-state index is 13.8. The fourth-order valence-electron chi connectivity index (χ4n) is 6.69. The van der Waals surface area contributed by atoms with Gasteiger partial charge in [-0.05, 0) is 115 Å². The second-order valence-electron chi connectivity index (χ2n) is 12.9. The maximum atomic E-state index is 13.8. The number of rotatable bonds is 12. The van der Waals surface area contributed by atoms with E-state index in [-0.39, 0.29) is 17.6 Å². The monoisotopic (exact) mass is 628 g/mol. The molecular weight excluding hydrogens is 584 g/mol. The molecule has 4 aromatic carbocycles. The van der Waals surface area contributed by atoms with Crippen LogP contribution in [0.1, 0.15) is 52.7 Å². The fourth-order valence-corrected chi connectivity index (χ4v) is 6.69. The molecule has 1 saturated carbocycles. The van der Waals surface area contributed by atoms with Gasteiger partial charge in [0.1, 0.15) is 5.75 Å². The van der Waals surface area contributed by atoms with E-state index in [0.717, 1.165) is 70.9 Å². The number of nitrogens with one attached hydrogen (secondary N) is 2. The zero-order valence-corrected chi connectivity index (χ0v) is 26.8. The Morgan fingerprint density at radius 2 is 1.55 bits per heavy atom. The topological polar surface area (TPSA) is 111 Å². The lowest BCUT2D eigenvalue weighted by Gasteiger charge is -2.27. The summed E-state index contributed by atoms with van der Waals surface area (Å²) in [5, 5.41) is 13.9. The minimum Gasteiger partial charge on any atom is -0.508 e. The van der Waals surface area contributed by atoms with Crippen molar-refractivity contribution in [1.29, 1.82) is 0 Å². The van der Waals surface area contributed by atoms with Gasteiger partial charge in [-0.2, -0.15) is 0 Å². The van der Waals surface area contributed by atoms with Crippen molar-refractivity contribution in [2.75, 3.05) is 19.6 Å². The zero-order chi connectivity index (χ0) is 32.6. The molecule has 0 atom stereocenters. The molecule has 1 heterocycles. The molecule has 1 aliphatic rings. The van der Waals surface area contributed by atoms with Crippen LogP contribution in [0, 0.1) is 11.8 Å². The second-order valence-corrected chi connectivity index (χ2v) is 12.9. The first-order valence-corrected chi connectivity index (χ1v) is 16.7. The molecule has 0 aliphatic heterocycles. The zero-order valence-electron chi connectivity index (χ0n) is 26.8. The third kappa shape index (κ3) is 8.29. The second kappa shape index (κ2) is 15.1. The first-order valence-electron chi connectivity index (χ1n) is 16.7. The number of H-pyrrole nitrogens is 1. The lowest BCUT2D eigenvalue weighted by molar-refractivity contribution is -0.131. The van der Waals surface area contributed by atoms with Gasteiger partial charge in [0.15, 0.2) is 0 Å². The van der Waals surface area contributed by atoms with Gasteiger partial charge in [0.05, 0.1) is 6.42 Å². The highest BCUT2D eigenvalue weighted by atomic mass is 16.3. The normalized spacial score (nSPS) is 16.2. The number of carbonyl (C=O) groups excluding carboxylic acids is 2. The van der Waals surface area contributed by atoms with Gasteiger partial charge in [-0.25, -0.2) is 0 Å². The lowest BCUT2D eigenvalue weighted by Crippen LogP contribution is -2.33. The molecule has 7 heteroatoms. The molecule has 5 N–H and O–H groups in total. The summed E-state index contributed by atoms with van der Waals surface area (Å²) in [7, 11) is 0. The molecule has 0 unspecified atom stereocenters. The van der Waals surface area contributed by atoms with Crippen molar-refractivity contribution in [3.63, 3.8) is 0 Å². The number of phenolic OH excluding ortho intramolecular Hbond substituents is 1. The van der Waals surface area contributed by atoms with Crippen molar-refractivity contribution >= 4 is 22.7 Å². The Morgan fingerprint density at radius 3 is 2.34 bits per heavy atom. The maximum Gasteiger partial charge on any atom is 0.251 e.